The van der Waals surface area contributed by atoms with Gasteiger partial charge in [0.1, 0.15) is 0 Å². The highest BCUT2D eigenvalue weighted by Crippen LogP contribution is 2.47. The number of aromatic amines is 1. The van der Waals surface area contributed by atoms with Crippen LogP contribution in [0.3, 0.4) is 0 Å². The lowest BCUT2D eigenvalue weighted by atomic mass is 9.72. The highest BCUT2D eigenvalue weighted by Gasteiger charge is 2.49. The second kappa shape index (κ2) is 3.87. The lowest BCUT2D eigenvalue weighted by molar-refractivity contribution is -0.146. The van der Waals surface area contributed by atoms with Crippen molar-refractivity contribution in [1.82, 2.24) is 9.88 Å². The molecule has 3 nitrogen and oxygen atoms in total. The summed E-state index contributed by atoms with van der Waals surface area (Å²) in [5.74, 6) is 0.808. The van der Waals surface area contributed by atoms with E-state index >= 15 is 0 Å². The van der Waals surface area contributed by atoms with Gasteiger partial charge in [0, 0.05) is 29.6 Å². The summed E-state index contributed by atoms with van der Waals surface area (Å²) >= 11 is 0. The van der Waals surface area contributed by atoms with Crippen LogP contribution in [0.2, 0.25) is 0 Å². The molecule has 0 unspecified atom stereocenters. The average Bonchev–Trinajstić information content (AvgIpc) is 2.83. The van der Waals surface area contributed by atoms with E-state index in [9.17, 15) is 4.79 Å². The van der Waals surface area contributed by atoms with Gasteiger partial charge in [0.15, 0.2) is 0 Å². The van der Waals surface area contributed by atoms with E-state index in [1.54, 1.807) is 0 Å². The third-order valence-electron chi connectivity index (χ3n) is 5.52. The maximum absolute atomic E-state index is 12.3. The summed E-state index contributed by atoms with van der Waals surface area (Å²) in [6.07, 6.45) is 2.65. The van der Waals surface area contributed by atoms with E-state index in [1.165, 1.54) is 22.2 Å². The Morgan fingerprint density at radius 1 is 1.30 bits per heavy atom. The Bertz CT molecular complexity index is 702. The maximum atomic E-state index is 12.3. The van der Waals surface area contributed by atoms with Crippen molar-refractivity contribution in [3.63, 3.8) is 0 Å². The number of rotatable bonds is 0. The van der Waals surface area contributed by atoms with E-state index in [0.29, 0.717) is 18.2 Å². The van der Waals surface area contributed by atoms with E-state index < -0.39 is 0 Å². The fourth-order valence-corrected chi connectivity index (χ4v) is 4.13. The van der Waals surface area contributed by atoms with Gasteiger partial charge >= 0.3 is 0 Å². The van der Waals surface area contributed by atoms with Crippen molar-refractivity contribution in [3.8, 4) is 0 Å². The molecule has 104 valence electrons. The highest BCUT2D eigenvalue weighted by molar-refractivity contribution is 5.87. The first-order chi connectivity index (χ1) is 9.62. The molecule has 3 heterocycles. The molecule has 2 aliphatic heterocycles. The van der Waals surface area contributed by atoms with Crippen LogP contribution in [0, 0.1) is 5.92 Å². The lowest BCUT2D eigenvalue weighted by Crippen LogP contribution is -2.57. The zero-order valence-electron chi connectivity index (χ0n) is 12.1. The topological polar surface area (TPSA) is 36.1 Å². The maximum Gasteiger partial charge on any atom is 0.223 e. The molecular formula is C17H20N2O. The van der Waals surface area contributed by atoms with E-state index in [4.69, 9.17) is 0 Å². The lowest BCUT2D eigenvalue weighted by Gasteiger charge is -2.51. The first-order valence-corrected chi connectivity index (χ1v) is 7.53. The molecule has 20 heavy (non-hydrogen) atoms. The van der Waals surface area contributed by atoms with Gasteiger partial charge in [-0.15, -0.1) is 0 Å². The van der Waals surface area contributed by atoms with Gasteiger partial charge in [0.25, 0.3) is 0 Å². The molecule has 0 aliphatic carbocycles. The van der Waals surface area contributed by atoms with Crippen LogP contribution >= 0.6 is 0 Å². The number of carbonyl (C=O) groups is 1. The van der Waals surface area contributed by atoms with Crippen molar-refractivity contribution in [2.45, 2.75) is 38.6 Å². The van der Waals surface area contributed by atoms with E-state index in [2.05, 4.69) is 48.0 Å². The predicted octanol–water partition coefficient (Wildman–Crippen LogP) is 3.20. The molecule has 0 spiro atoms. The van der Waals surface area contributed by atoms with Gasteiger partial charge in [0.05, 0.1) is 5.54 Å². The quantitative estimate of drug-likeness (QED) is 0.782. The molecule has 0 radical (unpaired) electrons. The molecule has 4 rings (SSSR count). The molecule has 1 saturated heterocycles. The van der Waals surface area contributed by atoms with Crippen LogP contribution < -0.4 is 0 Å². The Labute approximate surface area is 119 Å². The second-order valence-corrected chi connectivity index (χ2v) is 6.41. The second-order valence-electron chi connectivity index (χ2n) is 6.41. The van der Waals surface area contributed by atoms with Gasteiger partial charge in [-0.1, -0.05) is 25.1 Å². The van der Waals surface area contributed by atoms with E-state index in [1.807, 2.05) is 0 Å². The number of aromatic nitrogens is 1. The first-order valence-electron chi connectivity index (χ1n) is 7.53. The Balaban J connectivity index is 1.98. The standard InChI is InChI=1S/C17H20N2O/c1-11-7-8-15(20)19-10-9-13-12-5-3-4-6-14(12)18-16(13)17(11,19)2/h3-6,11,18H,7-10H2,1-2H3/t11-,17-/m1/s1. The van der Waals surface area contributed by atoms with Gasteiger partial charge in [-0.25, -0.2) is 0 Å². The Morgan fingerprint density at radius 3 is 2.95 bits per heavy atom. The van der Waals surface area contributed by atoms with Crippen molar-refractivity contribution >= 4 is 16.8 Å². The molecule has 3 heteroatoms. The van der Waals surface area contributed by atoms with Crippen LogP contribution in [0.25, 0.3) is 10.9 Å². The normalized spacial score (nSPS) is 29.4. The van der Waals surface area contributed by atoms with Gasteiger partial charge in [-0.05, 0) is 37.3 Å². The van der Waals surface area contributed by atoms with Crippen molar-refractivity contribution in [3.05, 3.63) is 35.5 Å². The largest absolute Gasteiger partial charge is 0.356 e. The van der Waals surface area contributed by atoms with Crippen LogP contribution in [0.1, 0.15) is 37.9 Å². The number of hydrogen-bond acceptors (Lipinski definition) is 1. The highest BCUT2D eigenvalue weighted by atomic mass is 16.2. The Kier molecular flexibility index (Phi) is 2.33. The molecule has 0 bridgehead atoms. The van der Waals surface area contributed by atoms with Crippen molar-refractivity contribution in [1.29, 1.82) is 0 Å². The van der Waals surface area contributed by atoms with Crippen LogP contribution in [0.15, 0.2) is 24.3 Å². The number of amides is 1. The molecular weight excluding hydrogens is 248 g/mol. The summed E-state index contributed by atoms with van der Waals surface area (Å²) in [4.78, 5) is 18.0. The third-order valence-corrected chi connectivity index (χ3v) is 5.52. The summed E-state index contributed by atoms with van der Waals surface area (Å²) in [5, 5.41) is 1.33. The molecule has 1 amide bonds. The molecule has 1 aromatic carbocycles. The number of nitrogens with one attached hydrogen (secondary N) is 1. The first kappa shape index (κ1) is 12.0. The number of carbonyl (C=O) groups excluding carboxylic acids is 1. The monoisotopic (exact) mass is 268 g/mol. The fourth-order valence-electron chi connectivity index (χ4n) is 4.13. The van der Waals surface area contributed by atoms with E-state index in [-0.39, 0.29) is 5.54 Å². The summed E-state index contributed by atoms with van der Waals surface area (Å²) in [7, 11) is 0. The molecule has 2 aromatic rings. The predicted molar refractivity (Wildman–Crippen MR) is 79.5 cm³/mol. The number of piperidine rings is 1. The minimum Gasteiger partial charge on any atom is -0.356 e. The average molecular weight is 268 g/mol. The molecule has 2 atom stereocenters. The number of hydrogen-bond donors (Lipinski definition) is 1. The Hall–Kier alpha value is -1.77. The third kappa shape index (κ3) is 1.33. The van der Waals surface area contributed by atoms with Gasteiger partial charge in [-0.2, -0.15) is 0 Å². The smallest absolute Gasteiger partial charge is 0.223 e. The van der Waals surface area contributed by atoms with Crippen LogP contribution in [-0.4, -0.2) is 22.3 Å². The zero-order valence-corrected chi connectivity index (χ0v) is 12.1. The number of nitrogens with zero attached hydrogens (tertiary/aromatic N) is 1. The van der Waals surface area contributed by atoms with Gasteiger partial charge in [0.2, 0.25) is 5.91 Å². The van der Waals surface area contributed by atoms with Gasteiger partial charge in [-0.3, -0.25) is 4.79 Å². The minimum atomic E-state index is -0.165. The fraction of sp³-hybridized carbons (Fsp3) is 0.471. The van der Waals surface area contributed by atoms with Crippen LogP contribution in [-0.2, 0) is 16.8 Å². The van der Waals surface area contributed by atoms with Crippen molar-refractivity contribution < 1.29 is 4.79 Å². The summed E-state index contributed by atoms with van der Waals surface area (Å²) in [6, 6.07) is 8.50. The number of para-hydroxylation sites is 1. The van der Waals surface area contributed by atoms with Crippen molar-refractivity contribution in [2.24, 2.45) is 5.92 Å². The minimum absolute atomic E-state index is 0.165. The molecule has 1 aromatic heterocycles. The molecule has 1 fully saturated rings. The molecule has 2 aliphatic rings. The van der Waals surface area contributed by atoms with Crippen molar-refractivity contribution in [2.75, 3.05) is 6.54 Å². The number of fused-ring (bicyclic) bond motifs is 5. The number of benzene rings is 1. The summed E-state index contributed by atoms with van der Waals surface area (Å²) in [5.41, 5.74) is 3.72. The molecule has 1 N–H and O–H groups in total. The number of H-pyrrole nitrogens is 1. The zero-order chi connectivity index (χ0) is 13.9. The van der Waals surface area contributed by atoms with Crippen LogP contribution in [0.4, 0.5) is 0 Å². The molecule has 0 saturated carbocycles. The van der Waals surface area contributed by atoms with E-state index in [0.717, 1.165) is 19.4 Å². The van der Waals surface area contributed by atoms with Crippen LogP contribution in [0.5, 0.6) is 0 Å². The summed E-state index contributed by atoms with van der Waals surface area (Å²) in [6.45, 7) is 5.37. The van der Waals surface area contributed by atoms with Gasteiger partial charge < -0.3 is 9.88 Å². The SMILES string of the molecule is C[C@@H]1CCC(=O)N2CCc3c([nH]c4ccccc34)[C@@]12C. The Morgan fingerprint density at radius 2 is 2.10 bits per heavy atom. The summed E-state index contributed by atoms with van der Waals surface area (Å²) < 4.78 is 0.